The van der Waals surface area contributed by atoms with Gasteiger partial charge in [0.2, 0.25) is 0 Å². The third-order valence-electron chi connectivity index (χ3n) is 2.42. The van der Waals surface area contributed by atoms with Gasteiger partial charge in [-0.1, -0.05) is 32.0 Å². The van der Waals surface area contributed by atoms with Gasteiger partial charge in [-0.3, -0.25) is 5.32 Å². The van der Waals surface area contributed by atoms with E-state index in [0.29, 0.717) is 13.3 Å². The van der Waals surface area contributed by atoms with Gasteiger partial charge >= 0.3 is 0 Å². The van der Waals surface area contributed by atoms with Gasteiger partial charge < -0.3 is 4.74 Å². The molecule has 0 aliphatic heterocycles. The fourth-order valence-corrected chi connectivity index (χ4v) is 1.57. The van der Waals surface area contributed by atoms with Crippen molar-refractivity contribution in [2.24, 2.45) is 0 Å². The molecule has 0 bridgehead atoms. The lowest BCUT2D eigenvalue weighted by molar-refractivity contribution is 0.169. The third-order valence-corrected chi connectivity index (χ3v) is 2.42. The highest BCUT2D eigenvalue weighted by Crippen LogP contribution is 2.24. The number of rotatable bonds is 5. The zero-order valence-electron chi connectivity index (χ0n) is 9.51. The predicted octanol–water partition coefficient (Wildman–Crippen LogP) is 2.30. The van der Waals surface area contributed by atoms with Crippen molar-refractivity contribution in [1.29, 1.82) is 0 Å². The van der Waals surface area contributed by atoms with E-state index in [-0.39, 0.29) is 11.2 Å². The quantitative estimate of drug-likeness (QED) is 0.596. The van der Waals surface area contributed by atoms with E-state index in [1.807, 2.05) is 26.0 Å². The molecule has 0 fully saturated rings. The van der Waals surface area contributed by atoms with Gasteiger partial charge in [0.05, 0.1) is 6.73 Å². The maximum Gasteiger partial charge on any atom is 0.126 e. The second kappa shape index (κ2) is 5.24. The molecule has 0 aliphatic carbocycles. The fraction of sp³-hybridized carbons (Fsp3) is 0.500. The summed E-state index contributed by atoms with van der Waals surface area (Å²) in [5, 5.41) is 3.11. The van der Waals surface area contributed by atoms with Crippen molar-refractivity contribution in [2.45, 2.75) is 19.3 Å². The van der Waals surface area contributed by atoms with Crippen molar-refractivity contribution in [1.82, 2.24) is 5.32 Å². The largest absolute Gasteiger partial charge is 0.370 e. The van der Waals surface area contributed by atoms with Gasteiger partial charge in [-0.15, -0.1) is 0 Å². The number of hydrogen-bond acceptors (Lipinski definition) is 2. The van der Waals surface area contributed by atoms with Crippen LogP contribution in [0, 0.1) is 5.82 Å². The van der Waals surface area contributed by atoms with E-state index < -0.39 is 0 Å². The molecule has 0 unspecified atom stereocenters. The fourth-order valence-electron chi connectivity index (χ4n) is 1.57. The SMILES string of the molecule is COCNCC(C)(C)c1ccccc1F. The van der Waals surface area contributed by atoms with Crippen molar-refractivity contribution in [2.75, 3.05) is 20.4 Å². The molecule has 84 valence electrons. The van der Waals surface area contributed by atoms with E-state index in [2.05, 4.69) is 5.32 Å². The van der Waals surface area contributed by atoms with Gasteiger partial charge in [-0.25, -0.2) is 4.39 Å². The van der Waals surface area contributed by atoms with Crippen molar-refractivity contribution < 1.29 is 9.13 Å². The number of nitrogens with one attached hydrogen (secondary N) is 1. The molecule has 0 radical (unpaired) electrons. The molecule has 0 aromatic heterocycles. The predicted molar refractivity (Wildman–Crippen MR) is 59.3 cm³/mol. The van der Waals surface area contributed by atoms with Crippen LogP contribution in [0.4, 0.5) is 4.39 Å². The van der Waals surface area contributed by atoms with Crippen LogP contribution in [0.25, 0.3) is 0 Å². The summed E-state index contributed by atoms with van der Waals surface area (Å²) in [4.78, 5) is 0. The molecule has 0 heterocycles. The molecule has 3 heteroatoms. The van der Waals surface area contributed by atoms with E-state index >= 15 is 0 Å². The maximum absolute atomic E-state index is 13.5. The molecule has 1 rings (SSSR count). The van der Waals surface area contributed by atoms with E-state index in [1.54, 1.807) is 13.2 Å². The standard InChI is InChI=1S/C12H18FNO/c1-12(2,8-14-9-15-3)10-6-4-5-7-11(10)13/h4-7,14H,8-9H2,1-3H3. The summed E-state index contributed by atoms with van der Waals surface area (Å²) in [7, 11) is 1.63. The number of halogens is 1. The molecule has 15 heavy (non-hydrogen) atoms. The van der Waals surface area contributed by atoms with Gasteiger partial charge in [0.25, 0.3) is 0 Å². The lowest BCUT2D eigenvalue weighted by Gasteiger charge is -2.26. The molecule has 1 aromatic carbocycles. The molecular formula is C12H18FNO. The van der Waals surface area contributed by atoms with Crippen LogP contribution in [0.1, 0.15) is 19.4 Å². The number of ether oxygens (including phenoxy) is 1. The van der Waals surface area contributed by atoms with E-state index in [4.69, 9.17) is 4.74 Å². The molecule has 0 atom stereocenters. The van der Waals surface area contributed by atoms with Crippen molar-refractivity contribution in [3.8, 4) is 0 Å². The van der Waals surface area contributed by atoms with Gasteiger partial charge in [0.15, 0.2) is 0 Å². The maximum atomic E-state index is 13.5. The molecule has 0 amide bonds. The highest BCUT2D eigenvalue weighted by atomic mass is 19.1. The Balaban J connectivity index is 2.72. The zero-order chi connectivity index (χ0) is 11.3. The number of methoxy groups -OCH3 is 1. The zero-order valence-corrected chi connectivity index (χ0v) is 9.51. The van der Waals surface area contributed by atoms with Crippen LogP contribution in [-0.2, 0) is 10.2 Å². The average molecular weight is 211 g/mol. The summed E-state index contributed by atoms with van der Waals surface area (Å²) in [6.45, 7) is 5.18. The van der Waals surface area contributed by atoms with Crippen molar-refractivity contribution in [3.63, 3.8) is 0 Å². The molecule has 0 aliphatic rings. The lowest BCUT2D eigenvalue weighted by Crippen LogP contribution is -2.34. The van der Waals surface area contributed by atoms with Gasteiger partial charge in [-0.05, 0) is 11.6 Å². The Morgan fingerprint density at radius 3 is 2.60 bits per heavy atom. The summed E-state index contributed by atoms with van der Waals surface area (Å²) < 4.78 is 18.4. The molecular weight excluding hydrogens is 193 g/mol. The summed E-state index contributed by atoms with van der Waals surface area (Å²) >= 11 is 0. The highest BCUT2D eigenvalue weighted by Gasteiger charge is 2.23. The Morgan fingerprint density at radius 1 is 1.33 bits per heavy atom. The van der Waals surface area contributed by atoms with E-state index in [0.717, 1.165) is 5.56 Å². The molecule has 0 saturated carbocycles. The van der Waals surface area contributed by atoms with Gasteiger partial charge in [0.1, 0.15) is 5.82 Å². The molecule has 0 saturated heterocycles. The molecule has 2 nitrogen and oxygen atoms in total. The summed E-state index contributed by atoms with van der Waals surface area (Å²) in [5.41, 5.74) is 0.498. The van der Waals surface area contributed by atoms with E-state index in [9.17, 15) is 4.39 Å². The first-order valence-electron chi connectivity index (χ1n) is 5.02. The Morgan fingerprint density at radius 2 is 2.00 bits per heavy atom. The summed E-state index contributed by atoms with van der Waals surface area (Å²) in [6, 6.07) is 6.88. The molecule has 1 N–H and O–H groups in total. The second-order valence-corrected chi connectivity index (χ2v) is 4.22. The minimum Gasteiger partial charge on any atom is -0.370 e. The Bertz CT molecular complexity index is 312. The van der Waals surface area contributed by atoms with Crippen LogP contribution in [0.2, 0.25) is 0 Å². The normalized spacial score (nSPS) is 11.7. The first kappa shape index (κ1) is 12.1. The van der Waals surface area contributed by atoms with Crippen LogP contribution in [0.5, 0.6) is 0 Å². The Kier molecular flexibility index (Phi) is 4.24. The van der Waals surface area contributed by atoms with Crippen LogP contribution in [-0.4, -0.2) is 20.4 Å². The summed E-state index contributed by atoms with van der Waals surface area (Å²) in [5.74, 6) is -0.151. The van der Waals surface area contributed by atoms with Crippen molar-refractivity contribution in [3.05, 3.63) is 35.6 Å². The number of benzene rings is 1. The lowest BCUT2D eigenvalue weighted by atomic mass is 9.84. The highest BCUT2D eigenvalue weighted by molar-refractivity contribution is 5.25. The average Bonchev–Trinajstić information content (AvgIpc) is 2.18. The first-order chi connectivity index (χ1) is 7.08. The summed E-state index contributed by atoms with van der Waals surface area (Å²) in [6.07, 6.45) is 0. The number of hydrogen-bond donors (Lipinski definition) is 1. The molecule has 0 spiro atoms. The monoisotopic (exact) mass is 211 g/mol. The smallest absolute Gasteiger partial charge is 0.126 e. The van der Waals surface area contributed by atoms with Crippen molar-refractivity contribution >= 4 is 0 Å². The van der Waals surface area contributed by atoms with Gasteiger partial charge in [-0.2, -0.15) is 0 Å². The van der Waals surface area contributed by atoms with Crippen LogP contribution < -0.4 is 5.32 Å². The Hall–Kier alpha value is -0.930. The van der Waals surface area contributed by atoms with Gasteiger partial charge in [0, 0.05) is 19.1 Å². The Labute approximate surface area is 90.4 Å². The van der Waals surface area contributed by atoms with Crippen LogP contribution >= 0.6 is 0 Å². The first-order valence-corrected chi connectivity index (χ1v) is 5.02. The van der Waals surface area contributed by atoms with Crippen LogP contribution in [0.15, 0.2) is 24.3 Å². The van der Waals surface area contributed by atoms with Crippen LogP contribution in [0.3, 0.4) is 0 Å². The minimum absolute atomic E-state index is 0.151. The van der Waals surface area contributed by atoms with E-state index in [1.165, 1.54) is 6.07 Å². The second-order valence-electron chi connectivity index (χ2n) is 4.22. The topological polar surface area (TPSA) is 21.3 Å². The minimum atomic E-state index is -0.232. The molecule has 1 aromatic rings. The third kappa shape index (κ3) is 3.29.